The lowest BCUT2D eigenvalue weighted by Gasteiger charge is -2.28. The summed E-state index contributed by atoms with van der Waals surface area (Å²) < 4.78 is 13.8. The zero-order valence-electron chi connectivity index (χ0n) is 12.9. The second-order valence-electron chi connectivity index (χ2n) is 5.79. The summed E-state index contributed by atoms with van der Waals surface area (Å²) in [5, 5.41) is 6.00. The van der Waals surface area contributed by atoms with E-state index in [2.05, 4.69) is 17.6 Å². The fourth-order valence-corrected chi connectivity index (χ4v) is 3.05. The molecule has 0 bridgehead atoms. The van der Waals surface area contributed by atoms with Gasteiger partial charge in [0, 0.05) is 12.6 Å². The second kappa shape index (κ2) is 7.43. The lowest BCUT2D eigenvalue weighted by atomic mass is 9.84. The molecule has 1 aliphatic carbocycles. The summed E-state index contributed by atoms with van der Waals surface area (Å²) in [6, 6.07) is 4.85. The maximum Gasteiger partial charge on any atom is 0.253 e. The SMILES string of the molecule is CCNc1c(F)cccc1C(=O)NC1CCC(CC)CC1. The molecule has 1 aromatic rings. The Hall–Kier alpha value is -1.58. The average molecular weight is 292 g/mol. The number of carbonyl (C=O) groups is 1. The first-order valence-electron chi connectivity index (χ1n) is 7.98. The molecule has 0 saturated heterocycles. The molecule has 2 rings (SSSR count). The topological polar surface area (TPSA) is 41.1 Å². The van der Waals surface area contributed by atoms with Crippen LogP contribution in [0.1, 0.15) is 56.3 Å². The first kappa shape index (κ1) is 15.8. The van der Waals surface area contributed by atoms with Crippen molar-refractivity contribution < 1.29 is 9.18 Å². The van der Waals surface area contributed by atoms with Crippen molar-refractivity contribution in [2.45, 2.75) is 52.0 Å². The van der Waals surface area contributed by atoms with E-state index in [1.165, 1.54) is 25.3 Å². The lowest BCUT2D eigenvalue weighted by molar-refractivity contribution is 0.0922. The third kappa shape index (κ3) is 3.96. The van der Waals surface area contributed by atoms with E-state index in [4.69, 9.17) is 0 Å². The zero-order chi connectivity index (χ0) is 15.2. The Morgan fingerprint density at radius 1 is 1.24 bits per heavy atom. The molecule has 0 spiro atoms. The highest BCUT2D eigenvalue weighted by Gasteiger charge is 2.23. The smallest absolute Gasteiger partial charge is 0.253 e. The summed E-state index contributed by atoms with van der Waals surface area (Å²) in [7, 11) is 0. The molecule has 116 valence electrons. The van der Waals surface area contributed by atoms with Crippen molar-refractivity contribution in [1.29, 1.82) is 0 Å². The van der Waals surface area contributed by atoms with Crippen molar-refractivity contribution in [2.75, 3.05) is 11.9 Å². The Balaban J connectivity index is 2.02. The number of benzene rings is 1. The van der Waals surface area contributed by atoms with Gasteiger partial charge in [-0.25, -0.2) is 4.39 Å². The molecule has 21 heavy (non-hydrogen) atoms. The molecule has 1 fully saturated rings. The summed E-state index contributed by atoms with van der Waals surface area (Å²) in [6.45, 7) is 4.70. The molecule has 2 N–H and O–H groups in total. The van der Waals surface area contributed by atoms with Gasteiger partial charge in [-0.3, -0.25) is 4.79 Å². The van der Waals surface area contributed by atoms with Gasteiger partial charge >= 0.3 is 0 Å². The summed E-state index contributed by atoms with van der Waals surface area (Å²) in [5.41, 5.74) is 0.703. The number of anilines is 1. The third-order valence-corrected chi connectivity index (χ3v) is 4.37. The molecular weight excluding hydrogens is 267 g/mol. The highest BCUT2D eigenvalue weighted by molar-refractivity contribution is 5.99. The Kier molecular flexibility index (Phi) is 5.59. The van der Waals surface area contributed by atoms with Gasteiger partial charge in [-0.05, 0) is 50.7 Å². The molecule has 1 aromatic carbocycles. The second-order valence-corrected chi connectivity index (χ2v) is 5.79. The van der Waals surface area contributed by atoms with Crippen LogP contribution in [-0.4, -0.2) is 18.5 Å². The molecule has 3 nitrogen and oxygen atoms in total. The number of carbonyl (C=O) groups excluding carboxylic acids is 1. The van der Waals surface area contributed by atoms with E-state index in [1.54, 1.807) is 12.1 Å². The third-order valence-electron chi connectivity index (χ3n) is 4.37. The van der Waals surface area contributed by atoms with Crippen LogP contribution < -0.4 is 10.6 Å². The number of halogens is 1. The predicted octanol–water partition coefficient (Wildman–Crippen LogP) is 3.96. The molecule has 0 heterocycles. The normalized spacial score (nSPS) is 21.9. The van der Waals surface area contributed by atoms with Crippen LogP contribution in [0.4, 0.5) is 10.1 Å². The molecule has 0 radical (unpaired) electrons. The van der Waals surface area contributed by atoms with Crippen LogP contribution in [0.2, 0.25) is 0 Å². The fraction of sp³-hybridized carbons (Fsp3) is 0.588. The minimum Gasteiger partial charge on any atom is -0.382 e. The van der Waals surface area contributed by atoms with Crippen LogP contribution in [0.15, 0.2) is 18.2 Å². The van der Waals surface area contributed by atoms with Gasteiger partial charge in [0.2, 0.25) is 0 Å². The quantitative estimate of drug-likeness (QED) is 0.862. The number of amides is 1. The number of para-hydroxylation sites is 1. The van der Waals surface area contributed by atoms with Crippen molar-refractivity contribution in [3.05, 3.63) is 29.6 Å². The van der Waals surface area contributed by atoms with E-state index >= 15 is 0 Å². The molecule has 0 unspecified atom stereocenters. The molecule has 0 atom stereocenters. The predicted molar refractivity (Wildman–Crippen MR) is 84.1 cm³/mol. The average Bonchev–Trinajstić information content (AvgIpc) is 2.50. The molecule has 4 heteroatoms. The monoisotopic (exact) mass is 292 g/mol. The molecule has 1 amide bonds. The van der Waals surface area contributed by atoms with Crippen LogP contribution in [0.3, 0.4) is 0 Å². The summed E-state index contributed by atoms with van der Waals surface area (Å²) in [4.78, 5) is 12.4. The molecule has 0 aliphatic heterocycles. The van der Waals surface area contributed by atoms with Gasteiger partial charge < -0.3 is 10.6 Å². The van der Waals surface area contributed by atoms with E-state index in [-0.39, 0.29) is 17.8 Å². The van der Waals surface area contributed by atoms with Gasteiger partial charge in [-0.2, -0.15) is 0 Å². The van der Waals surface area contributed by atoms with Gasteiger partial charge in [-0.1, -0.05) is 19.4 Å². The van der Waals surface area contributed by atoms with Crippen LogP contribution in [0.5, 0.6) is 0 Å². The number of hydrogen-bond donors (Lipinski definition) is 2. The van der Waals surface area contributed by atoms with E-state index in [1.807, 2.05) is 6.92 Å². The van der Waals surface area contributed by atoms with Gasteiger partial charge in [0.25, 0.3) is 5.91 Å². The molecule has 1 aliphatic rings. The fourth-order valence-electron chi connectivity index (χ4n) is 3.05. The lowest BCUT2D eigenvalue weighted by Crippen LogP contribution is -2.38. The summed E-state index contributed by atoms with van der Waals surface area (Å²) in [6.07, 6.45) is 5.61. The molecule has 1 saturated carbocycles. The van der Waals surface area contributed by atoms with E-state index in [0.29, 0.717) is 17.8 Å². The van der Waals surface area contributed by atoms with Crippen molar-refractivity contribution >= 4 is 11.6 Å². The zero-order valence-corrected chi connectivity index (χ0v) is 12.9. The summed E-state index contributed by atoms with van der Waals surface area (Å²) in [5.74, 6) is 0.245. The van der Waals surface area contributed by atoms with Gasteiger partial charge in [-0.15, -0.1) is 0 Å². The summed E-state index contributed by atoms with van der Waals surface area (Å²) >= 11 is 0. The van der Waals surface area contributed by atoms with Crippen LogP contribution in [0, 0.1) is 11.7 Å². The van der Waals surface area contributed by atoms with Crippen molar-refractivity contribution in [3.63, 3.8) is 0 Å². The maximum absolute atomic E-state index is 13.8. The Bertz CT molecular complexity index is 482. The minimum atomic E-state index is -0.376. The Labute approximate surface area is 126 Å². The van der Waals surface area contributed by atoms with Gasteiger partial charge in [0.15, 0.2) is 0 Å². The van der Waals surface area contributed by atoms with E-state index < -0.39 is 0 Å². The van der Waals surface area contributed by atoms with Crippen molar-refractivity contribution in [1.82, 2.24) is 5.32 Å². The van der Waals surface area contributed by atoms with E-state index in [9.17, 15) is 9.18 Å². The van der Waals surface area contributed by atoms with E-state index in [0.717, 1.165) is 18.8 Å². The Morgan fingerprint density at radius 3 is 2.57 bits per heavy atom. The maximum atomic E-state index is 13.8. The number of nitrogens with one attached hydrogen (secondary N) is 2. The molecular formula is C17H25FN2O. The van der Waals surface area contributed by atoms with Crippen LogP contribution in [0.25, 0.3) is 0 Å². The molecule has 0 aromatic heterocycles. The Morgan fingerprint density at radius 2 is 1.95 bits per heavy atom. The van der Waals surface area contributed by atoms with Gasteiger partial charge in [0.05, 0.1) is 11.3 Å². The van der Waals surface area contributed by atoms with Gasteiger partial charge in [0.1, 0.15) is 5.82 Å². The largest absolute Gasteiger partial charge is 0.382 e. The van der Waals surface area contributed by atoms with Crippen LogP contribution >= 0.6 is 0 Å². The first-order valence-corrected chi connectivity index (χ1v) is 7.98. The first-order chi connectivity index (χ1) is 10.2. The highest BCUT2D eigenvalue weighted by Crippen LogP contribution is 2.27. The minimum absolute atomic E-state index is 0.176. The number of hydrogen-bond acceptors (Lipinski definition) is 2. The van der Waals surface area contributed by atoms with Crippen molar-refractivity contribution in [2.24, 2.45) is 5.92 Å². The number of rotatable bonds is 5. The highest BCUT2D eigenvalue weighted by atomic mass is 19.1. The van der Waals surface area contributed by atoms with Crippen LogP contribution in [-0.2, 0) is 0 Å². The standard InChI is InChI=1S/C17H25FN2O/c1-3-12-8-10-13(11-9-12)20-17(21)14-6-5-7-15(18)16(14)19-4-2/h5-7,12-13,19H,3-4,8-11H2,1-2H3,(H,20,21). The van der Waals surface area contributed by atoms with Crippen molar-refractivity contribution in [3.8, 4) is 0 Å².